The fourth-order valence-corrected chi connectivity index (χ4v) is 2.97. The molecule has 0 aromatic heterocycles. The van der Waals surface area contributed by atoms with Crippen molar-refractivity contribution in [3.8, 4) is 0 Å². The summed E-state index contributed by atoms with van der Waals surface area (Å²) in [5.74, 6) is 0. The van der Waals surface area contributed by atoms with Crippen LogP contribution in [0.2, 0.25) is 0 Å². The summed E-state index contributed by atoms with van der Waals surface area (Å²) in [4.78, 5) is 0. The molecule has 0 atom stereocenters. The summed E-state index contributed by atoms with van der Waals surface area (Å²) in [6.45, 7) is 11.7. The molecule has 1 rings (SSSR count). The maximum absolute atomic E-state index is 2.53. The van der Waals surface area contributed by atoms with Gasteiger partial charge in [-0.25, -0.2) is 0 Å². The van der Waals surface area contributed by atoms with Crippen LogP contribution < -0.4 is 0 Å². The Morgan fingerprint density at radius 3 is 1.94 bits per heavy atom. The zero-order chi connectivity index (χ0) is 12.2. The molecule has 0 bridgehead atoms. The van der Waals surface area contributed by atoms with E-state index in [2.05, 4.69) is 40.7 Å². The quantitative estimate of drug-likeness (QED) is 0.542. The average Bonchev–Trinajstić information content (AvgIpc) is 2.43. The number of allylic oxidation sites excluding steroid dienone is 4. The monoisotopic (exact) mass is 220 g/mol. The molecule has 0 amide bonds. The van der Waals surface area contributed by atoms with E-state index >= 15 is 0 Å². The van der Waals surface area contributed by atoms with Crippen LogP contribution in [0.1, 0.15) is 73.1 Å². The van der Waals surface area contributed by atoms with Gasteiger partial charge in [-0.1, -0.05) is 65.5 Å². The van der Waals surface area contributed by atoms with E-state index in [1.54, 1.807) is 16.7 Å². The van der Waals surface area contributed by atoms with Gasteiger partial charge >= 0.3 is 0 Å². The molecule has 0 saturated heterocycles. The second kappa shape index (κ2) is 5.70. The predicted molar refractivity (Wildman–Crippen MR) is 73.6 cm³/mol. The summed E-state index contributed by atoms with van der Waals surface area (Å²) >= 11 is 0. The molecule has 0 spiro atoms. The number of hydrogen-bond acceptors (Lipinski definition) is 0. The van der Waals surface area contributed by atoms with Gasteiger partial charge in [-0.3, -0.25) is 0 Å². The molecule has 1 aliphatic rings. The van der Waals surface area contributed by atoms with Crippen molar-refractivity contribution in [3.63, 3.8) is 0 Å². The minimum Gasteiger partial charge on any atom is -0.0713 e. The van der Waals surface area contributed by atoms with Gasteiger partial charge in [-0.05, 0) is 30.4 Å². The average molecular weight is 220 g/mol. The summed E-state index contributed by atoms with van der Waals surface area (Å²) in [7, 11) is 0. The third-order valence-electron chi connectivity index (χ3n) is 3.58. The molecular formula is C16H28. The Bertz CT molecular complexity index is 289. The maximum Gasteiger partial charge on any atom is 0.00460 e. The molecule has 0 radical (unpaired) electrons. The lowest BCUT2D eigenvalue weighted by atomic mass is 9.83. The first-order valence-electron chi connectivity index (χ1n) is 7.01. The standard InChI is InChI=1S/C16H28/c1-6-9-13-12-16(4,5)15(11-8-3)14(13)10-7-2/h12H,6-11H2,1-5H3. The first-order chi connectivity index (χ1) is 7.56. The van der Waals surface area contributed by atoms with Crippen LogP contribution in [0.15, 0.2) is 22.8 Å². The molecule has 0 aliphatic heterocycles. The van der Waals surface area contributed by atoms with Crippen molar-refractivity contribution in [2.45, 2.75) is 73.1 Å². The Labute approximate surface area is 102 Å². The molecule has 92 valence electrons. The third kappa shape index (κ3) is 2.78. The highest BCUT2D eigenvalue weighted by Crippen LogP contribution is 2.45. The highest BCUT2D eigenvalue weighted by Gasteiger charge is 2.30. The summed E-state index contributed by atoms with van der Waals surface area (Å²) in [5.41, 5.74) is 5.40. The van der Waals surface area contributed by atoms with Crippen LogP contribution in [0.25, 0.3) is 0 Å². The summed E-state index contributed by atoms with van der Waals surface area (Å²) in [6.07, 6.45) is 10.2. The zero-order valence-electron chi connectivity index (χ0n) is 11.8. The van der Waals surface area contributed by atoms with Crippen LogP contribution in [-0.4, -0.2) is 0 Å². The predicted octanol–water partition coefficient (Wildman–Crippen LogP) is 5.65. The SMILES string of the molecule is CCCC1=CC(C)(C)C(CCC)=C1CCC. The van der Waals surface area contributed by atoms with Crippen molar-refractivity contribution < 1.29 is 0 Å². The van der Waals surface area contributed by atoms with E-state index in [0.717, 1.165) is 0 Å². The Kier molecular flexibility index (Phi) is 4.83. The molecular weight excluding hydrogens is 192 g/mol. The van der Waals surface area contributed by atoms with Crippen molar-refractivity contribution >= 4 is 0 Å². The van der Waals surface area contributed by atoms with Crippen LogP contribution in [-0.2, 0) is 0 Å². The molecule has 1 aliphatic carbocycles. The highest BCUT2D eigenvalue weighted by molar-refractivity contribution is 5.47. The van der Waals surface area contributed by atoms with Crippen molar-refractivity contribution in [1.82, 2.24) is 0 Å². The zero-order valence-corrected chi connectivity index (χ0v) is 11.8. The molecule has 0 fully saturated rings. The first kappa shape index (κ1) is 13.5. The van der Waals surface area contributed by atoms with Crippen molar-refractivity contribution in [2.75, 3.05) is 0 Å². The van der Waals surface area contributed by atoms with E-state index in [9.17, 15) is 0 Å². The largest absolute Gasteiger partial charge is 0.0713 e. The normalized spacial score (nSPS) is 19.2. The van der Waals surface area contributed by atoms with Crippen molar-refractivity contribution in [1.29, 1.82) is 0 Å². The molecule has 0 unspecified atom stereocenters. The summed E-state index contributed by atoms with van der Waals surface area (Å²) in [6, 6.07) is 0. The van der Waals surface area contributed by atoms with E-state index in [4.69, 9.17) is 0 Å². The van der Waals surface area contributed by atoms with E-state index in [1.807, 2.05) is 0 Å². The molecule has 16 heavy (non-hydrogen) atoms. The Morgan fingerprint density at radius 1 is 0.875 bits per heavy atom. The van der Waals surface area contributed by atoms with E-state index in [0.29, 0.717) is 5.41 Å². The molecule has 0 aromatic carbocycles. The van der Waals surface area contributed by atoms with Gasteiger partial charge in [0.25, 0.3) is 0 Å². The summed E-state index contributed by atoms with van der Waals surface area (Å²) in [5, 5.41) is 0. The molecule has 0 heterocycles. The van der Waals surface area contributed by atoms with Gasteiger partial charge in [-0.2, -0.15) is 0 Å². The fourth-order valence-electron chi connectivity index (χ4n) is 2.97. The van der Waals surface area contributed by atoms with Crippen LogP contribution >= 0.6 is 0 Å². The summed E-state index contributed by atoms with van der Waals surface area (Å²) < 4.78 is 0. The second-order valence-corrected chi connectivity index (χ2v) is 5.60. The maximum atomic E-state index is 2.53. The lowest BCUT2D eigenvalue weighted by Gasteiger charge is -2.22. The van der Waals surface area contributed by atoms with Gasteiger partial charge in [0.1, 0.15) is 0 Å². The Hall–Kier alpha value is -0.520. The molecule has 0 aromatic rings. The number of rotatable bonds is 6. The van der Waals surface area contributed by atoms with Crippen LogP contribution in [0.4, 0.5) is 0 Å². The molecule has 0 saturated carbocycles. The lowest BCUT2D eigenvalue weighted by molar-refractivity contribution is 0.552. The highest BCUT2D eigenvalue weighted by atomic mass is 14.3. The van der Waals surface area contributed by atoms with Crippen LogP contribution in [0.5, 0.6) is 0 Å². The van der Waals surface area contributed by atoms with E-state index in [1.165, 1.54) is 38.5 Å². The van der Waals surface area contributed by atoms with Crippen LogP contribution in [0, 0.1) is 5.41 Å². The first-order valence-corrected chi connectivity index (χ1v) is 7.01. The third-order valence-corrected chi connectivity index (χ3v) is 3.58. The molecule has 0 N–H and O–H groups in total. The van der Waals surface area contributed by atoms with E-state index in [-0.39, 0.29) is 0 Å². The fraction of sp³-hybridized carbons (Fsp3) is 0.750. The van der Waals surface area contributed by atoms with Gasteiger partial charge in [0.05, 0.1) is 0 Å². The van der Waals surface area contributed by atoms with Gasteiger partial charge in [0.2, 0.25) is 0 Å². The Morgan fingerprint density at radius 2 is 1.44 bits per heavy atom. The number of hydrogen-bond donors (Lipinski definition) is 0. The van der Waals surface area contributed by atoms with Gasteiger partial charge in [-0.15, -0.1) is 0 Å². The molecule has 0 heteroatoms. The second-order valence-electron chi connectivity index (χ2n) is 5.60. The lowest BCUT2D eigenvalue weighted by Crippen LogP contribution is -2.09. The Balaban J connectivity index is 3.02. The van der Waals surface area contributed by atoms with Crippen molar-refractivity contribution in [3.05, 3.63) is 22.8 Å². The van der Waals surface area contributed by atoms with Gasteiger partial charge < -0.3 is 0 Å². The topological polar surface area (TPSA) is 0 Å². The van der Waals surface area contributed by atoms with Gasteiger partial charge in [0.15, 0.2) is 0 Å². The van der Waals surface area contributed by atoms with Gasteiger partial charge in [0, 0.05) is 5.41 Å². The van der Waals surface area contributed by atoms with Crippen molar-refractivity contribution in [2.24, 2.45) is 5.41 Å². The smallest absolute Gasteiger partial charge is 0.00460 e. The minimum atomic E-state index is 0.324. The van der Waals surface area contributed by atoms with Crippen LogP contribution in [0.3, 0.4) is 0 Å². The minimum absolute atomic E-state index is 0.324. The molecule has 0 nitrogen and oxygen atoms in total. The van der Waals surface area contributed by atoms with E-state index < -0.39 is 0 Å².